The molecule has 38 heavy (non-hydrogen) atoms. The fourth-order valence-electron chi connectivity index (χ4n) is 5.48. The minimum Gasteiger partial charge on any atom is -0.496 e. The van der Waals surface area contributed by atoms with E-state index >= 15 is 0 Å². The van der Waals surface area contributed by atoms with Crippen molar-refractivity contribution in [2.24, 2.45) is 0 Å². The minimum atomic E-state index is -0.578. The number of hydrogen-bond donors (Lipinski definition) is 1. The van der Waals surface area contributed by atoms with Gasteiger partial charge >= 0.3 is 5.97 Å². The Bertz CT molecular complexity index is 1410. The van der Waals surface area contributed by atoms with Gasteiger partial charge in [0.1, 0.15) is 5.75 Å². The molecule has 3 aromatic rings. The molecule has 0 spiro atoms. The molecule has 194 valence electrons. The van der Waals surface area contributed by atoms with Gasteiger partial charge in [0.25, 0.3) is 0 Å². The summed E-state index contributed by atoms with van der Waals surface area (Å²) in [5.41, 5.74) is 5.52. The van der Waals surface area contributed by atoms with Crippen molar-refractivity contribution in [3.8, 4) is 5.75 Å². The molecule has 2 aliphatic rings. The smallest absolute Gasteiger partial charge is 0.336 e. The van der Waals surface area contributed by atoms with Crippen LogP contribution < -0.4 is 10.1 Å². The van der Waals surface area contributed by atoms with Gasteiger partial charge in [0.15, 0.2) is 5.78 Å². The Kier molecular flexibility index (Phi) is 7.66. The van der Waals surface area contributed by atoms with E-state index in [1.807, 2.05) is 85.8 Å². The number of methoxy groups -OCH3 is 1. The van der Waals surface area contributed by atoms with Crippen molar-refractivity contribution >= 4 is 23.4 Å². The second-order valence-electron chi connectivity index (χ2n) is 9.68. The van der Waals surface area contributed by atoms with E-state index < -0.39 is 11.9 Å². The summed E-state index contributed by atoms with van der Waals surface area (Å²) in [6, 6.07) is 25.1. The normalized spacial score (nSPS) is 19.1. The average molecular weight is 528 g/mol. The van der Waals surface area contributed by atoms with Crippen molar-refractivity contribution < 1.29 is 19.1 Å². The molecule has 0 bridgehead atoms. The van der Waals surface area contributed by atoms with Gasteiger partial charge in [-0.05, 0) is 48.6 Å². The molecule has 3 aromatic carbocycles. The summed E-state index contributed by atoms with van der Waals surface area (Å²) in [7, 11) is 1.60. The number of nitrogens with one attached hydrogen (secondary N) is 1. The fraction of sp³-hybridized carbons (Fsp3) is 0.250. The highest BCUT2D eigenvalue weighted by Crippen LogP contribution is 2.47. The Morgan fingerprint density at radius 1 is 0.974 bits per heavy atom. The van der Waals surface area contributed by atoms with Gasteiger partial charge in [0.05, 0.1) is 25.2 Å². The molecule has 0 aromatic heterocycles. The molecule has 0 saturated heterocycles. The largest absolute Gasteiger partial charge is 0.496 e. The molecule has 0 fully saturated rings. The predicted octanol–water partition coefficient (Wildman–Crippen LogP) is 6.50. The van der Waals surface area contributed by atoms with Crippen LogP contribution in [-0.2, 0) is 20.7 Å². The van der Waals surface area contributed by atoms with E-state index in [0.29, 0.717) is 46.9 Å². The van der Waals surface area contributed by atoms with Crippen molar-refractivity contribution in [1.29, 1.82) is 0 Å². The molecule has 0 radical (unpaired) electrons. The lowest BCUT2D eigenvalue weighted by atomic mass is 9.71. The quantitative estimate of drug-likeness (QED) is 0.355. The summed E-state index contributed by atoms with van der Waals surface area (Å²) < 4.78 is 11.4. The first-order chi connectivity index (χ1) is 18.5. The molecule has 6 heteroatoms. The van der Waals surface area contributed by atoms with E-state index in [1.165, 1.54) is 0 Å². The third-order valence-electron chi connectivity index (χ3n) is 7.31. The Labute approximate surface area is 228 Å². The highest BCUT2D eigenvalue weighted by Gasteiger charge is 2.42. The number of ether oxygens (including phenoxy) is 2. The number of rotatable bonds is 7. The topological polar surface area (TPSA) is 64.6 Å². The maximum Gasteiger partial charge on any atom is 0.336 e. The molecular weight excluding hydrogens is 498 g/mol. The van der Waals surface area contributed by atoms with E-state index in [2.05, 4.69) is 5.32 Å². The zero-order valence-electron chi connectivity index (χ0n) is 21.5. The molecule has 0 amide bonds. The van der Waals surface area contributed by atoms with Crippen LogP contribution in [0, 0.1) is 0 Å². The van der Waals surface area contributed by atoms with Gasteiger partial charge in [-0.25, -0.2) is 4.79 Å². The van der Waals surface area contributed by atoms with Crippen molar-refractivity contribution in [2.45, 2.75) is 38.0 Å². The number of Topliss-reactive ketones (excluding diaryl/α,β-unsaturated/α-hetero) is 1. The Hall–Kier alpha value is -3.83. The second kappa shape index (κ2) is 11.3. The van der Waals surface area contributed by atoms with Gasteiger partial charge in [0.2, 0.25) is 0 Å². The van der Waals surface area contributed by atoms with Crippen molar-refractivity contribution in [3.63, 3.8) is 0 Å². The molecule has 1 N–H and O–H groups in total. The Balaban J connectivity index is 1.49. The lowest BCUT2D eigenvalue weighted by molar-refractivity contribution is -0.139. The number of allylic oxidation sites excluding steroid dienone is 3. The average Bonchev–Trinajstić information content (AvgIpc) is 2.93. The predicted molar refractivity (Wildman–Crippen MR) is 148 cm³/mol. The van der Waals surface area contributed by atoms with E-state index in [4.69, 9.17) is 21.1 Å². The van der Waals surface area contributed by atoms with Crippen LogP contribution in [0.3, 0.4) is 0 Å². The first-order valence-electron chi connectivity index (χ1n) is 12.8. The van der Waals surface area contributed by atoms with Crippen LogP contribution in [0.15, 0.2) is 101 Å². The molecule has 1 heterocycles. The summed E-state index contributed by atoms with van der Waals surface area (Å²) in [5.74, 6) is -0.347. The Morgan fingerprint density at radius 3 is 2.42 bits per heavy atom. The minimum absolute atomic E-state index is 0.0108. The first-order valence-corrected chi connectivity index (χ1v) is 13.2. The third kappa shape index (κ3) is 5.25. The van der Waals surface area contributed by atoms with Crippen molar-refractivity contribution in [2.75, 3.05) is 13.7 Å². The number of esters is 1. The number of halogens is 1. The highest BCUT2D eigenvalue weighted by molar-refractivity contribution is 6.30. The van der Waals surface area contributed by atoms with Crippen LogP contribution in [0.5, 0.6) is 5.75 Å². The summed E-state index contributed by atoms with van der Waals surface area (Å²) in [4.78, 5) is 27.4. The maximum atomic E-state index is 13.8. The van der Waals surface area contributed by atoms with E-state index in [0.717, 1.165) is 22.4 Å². The molecule has 0 unspecified atom stereocenters. The maximum absolute atomic E-state index is 13.8. The van der Waals surface area contributed by atoms with E-state index in [1.54, 1.807) is 7.11 Å². The monoisotopic (exact) mass is 527 g/mol. The molecule has 1 aliphatic heterocycles. The van der Waals surface area contributed by atoms with Crippen LogP contribution in [-0.4, -0.2) is 25.5 Å². The number of carbonyl (C=O) groups excluding carboxylic acids is 2. The summed E-state index contributed by atoms with van der Waals surface area (Å²) in [6.07, 6.45) is 1.62. The van der Waals surface area contributed by atoms with Gasteiger partial charge in [-0.1, -0.05) is 72.3 Å². The highest BCUT2D eigenvalue weighted by atomic mass is 35.5. The summed E-state index contributed by atoms with van der Waals surface area (Å²) in [5, 5.41) is 4.07. The lowest BCUT2D eigenvalue weighted by Gasteiger charge is -2.37. The number of para-hydroxylation sites is 1. The molecule has 5 rings (SSSR count). The zero-order valence-corrected chi connectivity index (χ0v) is 22.3. The van der Waals surface area contributed by atoms with Gasteiger partial charge in [-0.3, -0.25) is 4.79 Å². The number of ketones is 1. The standard InChI is InChI=1S/C32H30ClNO4/c1-20-29(32(36)38-17-16-21-8-4-3-5-9-21)30(25-10-6-7-11-28(25)37-2)31-26(34-20)18-23(19-27(31)35)22-12-14-24(33)15-13-22/h3-15,23,30,34H,16-19H2,1-2H3/t23-,30-/m1/s1. The van der Waals surface area contributed by atoms with Gasteiger partial charge in [0, 0.05) is 40.4 Å². The van der Waals surface area contributed by atoms with Crippen LogP contribution in [0.4, 0.5) is 0 Å². The molecule has 2 atom stereocenters. The number of carbonyl (C=O) groups is 2. The molecule has 1 aliphatic carbocycles. The third-order valence-corrected chi connectivity index (χ3v) is 7.56. The lowest BCUT2D eigenvalue weighted by Crippen LogP contribution is -2.36. The summed E-state index contributed by atoms with van der Waals surface area (Å²) in [6.45, 7) is 2.12. The first kappa shape index (κ1) is 25.8. The Morgan fingerprint density at radius 2 is 1.68 bits per heavy atom. The van der Waals surface area contributed by atoms with Crippen LogP contribution in [0.25, 0.3) is 0 Å². The molecule has 0 saturated carbocycles. The summed E-state index contributed by atoms with van der Waals surface area (Å²) >= 11 is 6.09. The molecule has 5 nitrogen and oxygen atoms in total. The van der Waals surface area contributed by atoms with Crippen molar-refractivity contribution in [1.82, 2.24) is 5.32 Å². The zero-order chi connectivity index (χ0) is 26.6. The second-order valence-corrected chi connectivity index (χ2v) is 10.1. The molecular formula is C32H30ClNO4. The number of dihydropyridines is 1. The number of hydrogen-bond acceptors (Lipinski definition) is 5. The fourth-order valence-corrected chi connectivity index (χ4v) is 5.61. The van der Waals surface area contributed by atoms with Gasteiger partial charge < -0.3 is 14.8 Å². The van der Waals surface area contributed by atoms with Crippen LogP contribution in [0.2, 0.25) is 5.02 Å². The van der Waals surface area contributed by atoms with E-state index in [9.17, 15) is 9.59 Å². The SMILES string of the molecule is COc1ccccc1[C@@H]1C(C(=O)OCCc2ccccc2)=C(C)NC2=C1C(=O)C[C@H](c1ccc(Cl)cc1)C2. The number of benzene rings is 3. The van der Waals surface area contributed by atoms with E-state index in [-0.39, 0.29) is 18.3 Å². The van der Waals surface area contributed by atoms with Crippen LogP contribution in [0.1, 0.15) is 48.3 Å². The van der Waals surface area contributed by atoms with Crippen LogP contribution >= 0.6 is 11.6 Å². The van der Waals surface area contributed by atoms with Crippen molar-refractivity contribution in [3.05, 3.63) is 123 Å². The van der Waals surface area contributed by atoms with Gasteiger partial charge in [-0.2, -0.15) is 0 Å². The van der Waals surface area contributed by atoms with Gasteiger partial charge in [-0.15, -0.1) is 0 Å².